The van der Waals surface area contributed by atoms with E-state index in [9.17, 15) is 9.59 Å². The van der Waals surface area contributed by atoms with E-state index in [1.807, 2.05) is 29.2 Å². The van der Waals surface area contributed by atoms with Crippen LogP contribution in [0, 0.1) is 0 Å². The monoisotopic (exact) mass is 330 g/mol. The lowest BCUT2D eigenvalue weighted by atomic mass is 9.81. The maximum atomic E-state index is 13.0. The molecule has 1 aromatic carbocycles. The van der Waals surface area contributed by atoms with Crippen LogP contribution in [0.4, 0.5) is 0 Å². The van der Waals surface area contributed by atoms with Crippen LogP contribution >= 0.6 is 0 Å². The smallest absolute Gasteiger partial charge is 0.227 e. The molecule has 1 aromatic rings. The minimum absolute atomic E-state index is 0.0832. The largest absolute Gasteiger partial charge is 0.496 e. The molecule has 5 heteroatoms. The number of benzene rings is 1. The molecule has 2 heterocycles. The van der Waals surface area contributed by atoms with Crippen LogP contribution in [0.25, 0.3) is 0 Å². The first-order chi connectivity index (χ1) is 11.5. The molecule has 1 N–H and O–H groups in total. The number of carbonyl (C=O) groups excluding carboxylic acids is 2. The fourth-order valence-corrected chi connectivity index (χ4v) is 4.15. The van der Waals surface area contributed by atoms with Crippen LogP contribution < -0.4 is 10.1 Å². The second kappa shape index (κ2) is 6.83. The quantitative estimate of drug-likeness (QED) is 0.925. The standard InChI is InChI=1S/C19H26N2O3/c1-19-11-6-12-21(16(19)9-5-10-17(22)20-19)18(23)13-14-7-3-4-8-15(14)24-2/h3-4,7-8,16H,5-6,9-13H2,1-2H3,(H,20,22)/t16-,19-/m0/s1. The van der Waals surface area contributed by atoms with E-state index in [-0.39, 0.29) is 23.4 Å². The van der Waals surface area contributed by atoms with E-state index in [2.05, 4.69) is 12.2 Å². The molecule has 0 aromatic heterocycles. The summed E-state index contributed by atoms with van der Waals surface area (Å²) in [4.78, 5) is 26.9. The van der Waals surface area contributed by atoms with Crippen molar-refractivity contribution < 1.29 is 14.3 Å². The molecule has 2 fully saturated rings. The van der Waals surface area contributed by atoms with Crippen molar-refractivity contribution in [2.75, 3.05) is 13.7 Å². The van der Waals surface area contributed by atoms with Gasteiger partial charge in [0.05, 0.1) is 25.1 Å². The molecule has 0 saturated carbocycles. The zero-order valence-electron chi connectivity index (χ0n) is 14.5. The third kappa shape index (κ3) is 3.25. The average Bonchev–Trinajstić information content (AvgIpc) is 2.71. The van der Waals surface area contributed by atoms with Crippen molar-refractivity contribution in [2.24, 2.45) is 0 Å². The zero-order chi connectivity index (χ0) is 17.2. The van der Waals surface area contributed by atoms with Crippen molar-refractivity contribution in [1.29, 1.82) is 0 Å². The van der Waals surface area contributed by atoms with Crippen LogP contribution in [0.5, 0.6) is 5.75 Å². The summed E-state index contributed by atoms with van der Waals surface area (Å²) in [5.41, 5.74) is 0.609. The Hall–Kier alpha value is -2.04. The van der Waals surface area contributed by atoms with E-state index in [0.29, 0.717) is 12.8 Å². The Kier molecular flexibility index (Phi) is 4.78. The van der Waals surface area contributed by atoms with Crippen LogP contribution in [0.1, 0.15) is 44.6 Å². The van der Waals surface area contributed by atoms with Gasteiger partial charge in [0.2, 0.25) is 11.8 Å². The highest BCUT2D eigenvalue weighted by molar-refractivity contribution is 5.81. The van der Waals surface area contributed by atoms with Crippen molar-refractivity contribution in [3.05, 3.63) is 29.8 Å². The molecule has 3 rings (SSSR count). The lowest BCUT2D eigenvalue weighted by Crippen LogP contribution is -2.63. The minimum atomic E-state index is -0.303. The molecule has 0 bridgehead atoms. The minimum Gasteiger partial charge on any atom is -0.496 e. The third-order valence-electron chi connectivity index (χ3n) is 5.37. The fourth-order valence-electron chi connectivity index (χ4n) is 4.15. The number of para-hydroxylation sites is 1. The van der Waals surface area contributed by atoms with E-state index < -0.39 is 0 Å². The van der Waals surface area contributed by atoms with E-state index >= 15 is 0 Å². The number of rotatable bonds is 3. The fraction of sp³-hybridized carbons (Fsp3) is 0.579. The highest BCUT2D eigenvalue weighted by Gasteiger charge is 2.44. The van der Waals surface area contributed by atoms with Gasteiger partial charge in [-0.05, 0) is 38.7 Å². The van der Waals surface area contributed by atoms with Gasteiger partial charge in [0.15, 0.2) is 0 Å². The van der Waals surface area contributed by atoms with Crippen molar-refractivity contribution >= 4 is 11.8 Å². The molecule has 2 amide bonds. The maximum absolute atomic E-state index is 13.0. The molecular formula is C19H26N2O3. The first-order valence-corrected chi connectivity index (χ1v) is 8.76. The number of fused-ring (bicyclic) bond motifs is 1. The van der Waals surface area contributed by atoms with Gasteiger partial charge in [-0.1, -0.05) is 18.2 Å². The zero-order valence-corrected chi connectivity index (χ0v) is 14.5. The van der Waals surface area contributed by atoms with Gasteiger partial charge in [0.25, 0.3) is 0 Å². The number of carbonyl (C=O) groups is 2. The van der Waals surface area contributed by atoms with Crippen LogP contribution in [-0.4, -0.2) is 41.9 Å². The van der Waals surface area contributed by atoms with Gasteiger partial charge in [0.1, 0.15) is 5.75 Å². The van der Waals surface area contributed by atoms with Crippen LogP contribution in [0.3, 0.4) is 0 Å². The van der Waals surface area contributed by atoms with Crippen molar-refractivity contribution in [3.8, 4) is 5.75 Å². The number of amides is 2. The third-order valence-corrected chi connectivity index (χ3v) is 5.37. The van der Waals surface area contributed by atoms with Gasteiger partial charge in [0, 0.05) is 18.5 Å². The molecule has 0 radical (unpaired) electrons. The second-order valence-corrected chi connectivity index (χ2v) is 7.05. The van der Waals surface area contributed by atoms with E-state index in [4.69, 9.17) is 4.74 Å². The number of nitrogens with one attached hydrogen (secondary N) is 1. The molecule has 2 aliphatic heterocycles. The van der Waals surface area contributed by atoms with Crippen molar-refractivity contribution in [1.82, 2.24) is 10.2 Å². The topological polar surface area (TPSA) is 58.6 Å². The van der Waals surface area contributed by atoms with Gasteiger partial charge < -0.3 is 15.0 Å². The number of hydrogen-bond acceptors (Lipinski definition) is 3. The van der Waals surface area contributed by atoms with Gasteiger partial charge in [-0.3, -0.25) is 9.59 Å². The summed E-state index contributed by atoms with van der Waals surface area (Å²) >= 11 is 0. The molecule has 0 unspecified atom stereocenters. The Balaban J connectivity index is 1.80. The summed E-state index contributed by atoms with van der Waals surface area (Å²) in [6.45, 7) is 2.85. The van der Waals surface area contributed by atoms with E-state index in [1.165, 1.54) is 0 Å². The lowest BCUT2D eigenvalue weighted by Gasteiger charge is -2.48. The Morgan fingerprint density at radius 2 is 2.17 bits per heavy atom. The molecular weight excluding hydrogens is 304 g/mol. The summed E-state index contributed by atoms with van der Waals surface area (Å²) in [5, 5.41) is 3.17. The second-order valence-electron chi connectivity index (χ2n) is 7.05. The van der Waals surface area contributed by atoms with Crippen LogP contribution in [0.2, 0.25) is 0 Å². The lowest BCUT2D eigenvalue weighted by molar-refractivity contribution is -0.138. The highest BCUT2D eigenvalue weighted by Crippen LogP contribution is 2.33. The highest BCUT2D eigenvalue weighted by atomic mass is 16.5. The van der Waals surface area contributed by atoms with Gasteiger partial charge in [-0.25, -0.2) is 0 Å². The molecule has 2 atom stereocenters. The first kappa shape index (κ1) is 16.8. The average molecular weight is 330 g/mol. The number of piperidine rings is 1. The Bertz CT molecular complexity index is 631. The predicted molar refractivity (Wildman–Crippen MR) is 91.8 cm³/mol. The summed E-state index contributed by atoms with van der Waals surface area (Å²) in [6.07, 6.45) is 4.47. The maximum Gasteiger partial charge on any atom is 0.227 e. The number of methoxy groups -OCH3 is 1. The summed E-state index contributed by atoms with van der Waals surface area (Å²) in [7, 11) is 1.63. The van der Waals surface area contributed by atoms with Crippen LogP contribution in [0.15, 0.2) is 24.3 Å². The van der Waals surface area contributed by atoms with E-state index in [1.54, 1.807) is 7.11 Å². The summed E-state index contributed by atoms with van der Waals surface area (Å²) < 4.78 is 5.37. The van der Waals surface area contributed by atoms with Crippen molar-refractivity contribution in [3.63, 3.8) is 0 Å². The van der Waals surface area contributed by atoms with Gasteiger partial charge in [-0.15, -0.1) is 0 Å². The van der Waals surface area contributed by atoms with Gasteiger partial charge in [-0.2, -0.15) is 0 Å². The Morgan fingerprint density at radius 3 is 2.96 bits per heavy atom. The molecule has 0 spiro atoms. The number of likely N-dealkylation sites (tertiary alicyclic amines) is 1. The van der Waals surface area contributed by atoms with Crippen molar-refractivity contribution in [2.45, 2.75) is 57.0 Å². The normalized spacial score (nSPS) is 27.0. The summed E-state index contributed by atoms with van der Waals surface area (Å²) in [6, 6.07) is 7.74. The first-order valence-electron chi connectivity index (χ1n) is 8.76. The summed E-state index contributed by atoms with van der Waals surface area (Å²) in [5.74, 6) is 0.977. The van der Waals surface area contributed by atoms with Crippen LogP contribution in [-0.2, 0) is 16.0 Å². The number of ether oxygens (including phenoxy) is 1. The molecule has 0 aliphatic carbocycles. The molecule has 24 heavy (non-hydrogen) atoms. The van der Waals surface area contributed by atoms with Gasteiger partial charge >= 0.3 is 0 Å². The predicted octanol–water partition coefficient (Wildman–Crippen LogP) is 2.29. The van der Waals surface area contributed by atoms with E-state index in [0.717, 1.165) is 43.5 Å². The number of nitrogens with zero attached hydrogens (tertiary/aromatic N) is 1. The number of hydrogen-bond donors (Lipinski definition) is 1. The molecule has 130 valence electrons. The molecule has 2 aliphatic rings. The SMILES string of the molecule is COc1ccccc1CC(=O)N1CCC[C@]2(C)NC(=O)CCC[C@H]12. The molecule has 5 nitrogen and oxygen atoms in total. The Morgan fingerprint density at radius 1 is 1.38 bits per heavy atom. The molecule has 2 saturated heterocycles. The Labute approximate surface area is 143 Å².